The molecule has 2 aromatic rings. The Labute approximate surface area is 89.7 Å². The summed E-state index contributed by atoms with van der Waals surface area (Å²) in [4.78, 5) is 4.03. The maximum absolute atomic E-state index is 12.6. The van der Waals surface area contributed by atoms with E-state index in [2.05, 4.69) is 4.98 Å². The Balaban J connectivity index is 2.64. The maximum atomic E-state index is 12.6. The van der Waals surface area contributed by atoms with Crippen LogP contribution in [0.25, 0.3) is 5.65 Å². The number of alkyl halides is 3. The van der Waals surface area contributed by atoms with Gasteiger partial charge in [-0.25, -0.2) is 4.98 Å². The number of nitrogens with two attached hydrogens (primary N) is 1. The topological polar surface area (TPSA) is 43.3 Å². The molecule has 0 aliphatic rings. The van der Waals surface area contributed by atoms with Crippen LogP contribution in [0.3, 0.4) is 0 Å². The van der Waals surface area contributed by atoms with Gasteiger partial charge in [0.25, 0.3) is 0 Å². The predicted molar refractivity (Wildman–Crippen MR) is 52.9 cm³/mol. The van der Waals surface area contributed by atoms with Gasteiger partial charge in [-0.1, -0.05) is 6.07 Å². The molecule has 16 heavy (non-hydrogen) atoms. The number of pyridine rings is 1. The van der Waals surface area contributed by atoms with Gasteiger partial charge in [0.05, 0.1) is 11.4 Å². The normalized spacial score (nSPS) is 14.3. The molecule has 0 amide bonds. The fraction of sp³-hybridized carbons (Fsp3) is 0.300. The lowest BCUT2D eigenvalue weighted by molar-refractivity contribution is -0.150. The summed E-state index contributed by atoms with van der Waals surface area (Å²) in [7, 11) is 0. The zero-order valence-electron chi connectivity index (χ0n) is 8.49. The molecule has 0 spiro atoms. The average molecular weight is 229 g/mol. The summed E-state index contributed by atoms with van der Waals surface area (Å²) in [5, 5.41) is 0. The van der Waals surface area contributed by atoms with Gasteiger partial charge in [0.2, 0.25) is 0 Å². The molecule has 0 radical (unpaired) electrons. The highest BCUT2D eigenvalue weighted by Gasteiger charge is 2.40. The first-order chi connectivity index (χ1) is 7.41. The van der Waals surface area contributed by atoms with Gasteiger partial charge < -0.3 is 10.1 Å². The zero-order valence-corrected chi connectivity index (χ0v) is 8.49. The number of aromatic nitrogens is 2. The van der Waals surface area contributed by atoms with Crippen molar-refractivity contribution >= 4 is 5.65 Å². The Morgan fingerprint density at radius 3 is 2.69 bits per heavy atom. The average Bonchev–Trinajstić information content (AvgIpc) is 2.51. The van der Waals surface area contributed by atoms with E-state index in [1.165, 1.54) is 17.5 Å². The number of halogens is 3. The van der Waals surface area contributed by atoms with Crippen LogP contribution in [0.4, 0.5) is 13.2 Å². The lowest BCUT2D eigenvalue weighted by Crippen LogP contribution is -2.30. The van der Waals surface area contributed by atoms with E-state index in [0.717, 1.165) is 0 Å². The molecule has 0 saturated carbocycles. The molecular weight excluding hydrogens is 219 g/mol. The molecule has 0 fully saturated rings. The fourth-order valence-corrected chi connectivity index (χ4v) is 1.66. The smallest absolute Gasteiger partial charge is 0.315 e. The summed E-state index contributed by atoms with van der Waals surface area (Å²) >= 11 is 0. The van der Waals surface area contributed by atoms with Crippen LogP contribution in [0, 0.1) is 6.92 Å². The van der Waals surface area contributed by atoms with Gasteiger partial charge in [0.15, 0.2) is 0 Å². The lowest BCUT2D eigenvalue weighted by Gasteiger charge is -2.16. The number of fused-ring (bicyclic) bond motifs is 1. The van der Waals surface area contributed by atoms with Crippen LogP contribution in [0.1, 0.15) is 17.4 Å². The van der Waals surface area contributed by atoms with E-state index in [4.69, 9.17) is 5.73 Å². The van der Waals surface area contributed by atoms with Crippen molar-refractivity contribution in [2.24, 2.45) is 5.73 Å². The largest absolute Gasteiger partial charge is 0.409 e. The van der Waals surface area contributed by atoms with Crippen LogP contribution in [-0.2, 0) is 0 Å². The first kappa shape index (κ1) is 10.9. The summed E-state index contributed by atoms with van der Waals surface area (Å²) in [6, 6.07) is 2.98. The lowest BCUT2D eigenvalue weighted by atomic mass is 10.2. The minimum Gasteiger partial charge on any atom is -0.315 e. The number of imidazole rings is 1. The first-order valence-electron chi connectivity index (χ1n) is 4.67. The van der Waals surface area contributed by atoms with Gasteiger partial charge >= 0.3 is 6.18 Å². The van der Waals surface area contributed by atoms with Crippen LogP contribution in [0.5, 0.6) is 0 Å². The molecule has 2 rings (SSSR count). The molecule has 2 N–H and O–H groups in total. The SMILES string of the molecule is Cc1nc2ccccn2c1C(N)C(F)(F)F. The van der Waals surface area contributed by atoms with E-state index in [1.807, 2.05) is 0 Å². The van der Waals surface area contributed by atoms with Crippen LogP contribution >= 0.6 is 0 Å². The Morgan fingerprint density at radius 2 is 2.06 bits per heavy atom. The van der Waals surface area contributed by atoms with Gasteiger partial charge in [0, 0.05) is 6.20 Å². The van der Waals surface area contributed by atoms with Crippen LogP contribution < -0.4 is 5.73 Å². The van der Waals surface area contributed by atoms with Crippen LogP contribution in [0.2, 0.25) is 0 Å². The minimum atomic E-state index is -4.46. The highest BCUT2D eigenvalue weighted by Crippen LogP contribution is 2.32. The molecule has 0 aliphatic carbocycles. The minimum absolute atomic E-state index is 0.0110. The maximum Gasteiger partial charge on any atom is 0.409 e. The van der Waals surface area contributed by atoms with E-state index < -0.39 is 12.2 Å². The molecule has 0 aromatic carbocycles. The third kappa shape index (κ3) is 1.65. The van der Waals surface area contributed by atoms with Crippen molar-refractivity contribution < 1.29 is 13.2 Å². The molecule has 0 saturated heterocycles. The number of rotatable bonds is 1. The van der Waals surface area contributed by atoms with Gasteiger partial charge in [0.1, 0.15) is 11.7 Å². The zero-order chi connectivity index (χ0) is 11.9. The molecule has 0 aliphatic heterocycles. The van der Waals surface area contributed by atoms with E-state index >= 15 is 0 Å². The summed E-state index contributed by atoms with van der Waals surface area (Å²) in [6.07, 6.45) is -2.94. The predicted octanol–water partition coefficient (Wildman–Crippen LogP) is 2.20. The molecule has 2 aromatic heterocycles. The summed E-state index contributed by atoms with van der Waals surface area (Å²) < 4.78 is 39.0. The standard InChI is InChI=1S/C10H10F3N3/c1-6-8(9(14)10(11,12)13)16-5-3-2-4-7(16)15-6/h2-5,9H,14H2,1H3. The van der Waals surface area contributed by atoms with Crippen LogP contribution in [-0.4, -0.2) is 15.6 Å². The fourth-order valence-electron chi connectivity index (χ4n) is 1.66. The number of aryl methyl sites for hydroxylation is 1. The summed E-state index contributed by atoms with van der Waals surface area (Å²) in [5.41, 5.74) is 5.96. The third-order valence-electron chi connectivity index (χ3n) is 2.40. The molecule has 1 unspecified atom stereocenters. The molecule has 0 bridgehead atoms. The van der Waals surface area contributed by atoms with Crippen molar-refractivity contribution in [3.05, 3.63) is 35.8 Å². The summed E-state index contributed by atoms with van der Waals surface area (Å²) in [6.45, 7) is 1.52. The molecular formula is C10H10F3N3. The highest BCUT2D eigenvalue weighted by molar-refractivity contribution is 5.43. The molecule has 3 nitrogen and oxygen atoms in total. The highest BCUT2D eigenvalue weighted by atomic mass is 19.4. The number of nitrogens with zero attached hydrogens (tertiary/aromatic N) is 2. The molecule has 86 valence electrons. The third-order valence-corrected chi connectivity index (χ3v) is 2.40. The Hall–Kier alpha value is -1.56. The monoisotopic (exact) mass is 229 g/mol. The van der Waals surface area contributed by atoms with Gasteiger partial charge in [-0.15, -0.1) is 0 Å². The van der Waals surface area contributed by atoms with E-state index in [1.54, 1.807) is 18.2 Å². The second-order valence-electron chi connectivity index (χ2n) is 3.53. The van der Waals surface area contributed by atoms with Crippen molar-refractivity contribution in [3.63, 3.8) is 0 Å². The van der Waals surface area contributed by atoms with E-state index in [9.17, 15) is 13.2 Å². The quantitative estimate of drug-likeness (QED) is 0.814. The Kier molecular flexibility index (Phi) is 2.38. The van der Waals surface area contributed by atoms with Crippen LogP contribution in [0.15, 0.2) is 24.4 Å². The Bertz CT molecular complexity index is 515. The first-order valence-corrected chi connectivity index (χ1v) is 4.67. The van der Waals surface area contributed by atoms with Crippen molar-refractivity contribution in [3.8, 4) is 0 Å². The van der Waals surface area contributed by atoms with E-state index in [-0.39, 0.29) is 5.69 Å². The van der Waals surface area contributed by atoms with Crippen molar-refractivity contribution in [1.82, 2.24) is 9.38 Å². The number of hydrogen-bond acceptors (Lipinski definition) is 2. The van der Waals surface area contributed by atoms with Crippen molar-refractivity contribution in [2.75, 3.05) is 0 Å². The van der Waals surface area contributed by atoms with Crippen molar-refractivity contribution in [1.29, 1.82) is 0 Å². The molecule has 6 heteroatoms. The Morgan fingerprint density at radius 1 is 1.38 bits per heavy atom. The van der Waals surface area contributed by atoms with Crippen molar-refractivity contribution in [2.45, 2.75) is 19.1 Å². The second kappa shape index (κ2) is 3.48. The van der Waals surface area contributed by atoms with Gasteiger partial charge in [-0.05, 0) is 19.1 Å². The second-order valence-corrected chi connectivity index (χ2v) is 3.53. The van der Waals surface area contributed by atoms with Gasteiger partial charge in [-0.3, -0.25) is 0 Å². The van der Waals surface area contributed by atoms with Gasteiger partial charge in [-0.2, -0.15) is 13.2 Å². The summed E-state index contributed by atoms with van der Waals surface area (Å²) in [5.74, 6) is 0. The van der Waals surface area contributed by atoms with E-state index in [0.29, 0.717) is 11.3 Å². The molecule has 1 atom stereocenters. The molecule has 2 heterocycles. The number of hydrogen-bond donors (Lipinski definition) is 1.